The Balaban J connectivity index is 2.01. The largest absolute Gasteiger partial charge is 0.465 e. The molecule has 110 valence electrons. The molecule has 5 heteroatoms. The summed E-state index contributed by atoms with van der Waals surface area (Å²) >= 11 is 3.45. The first kappa shape index (κ1) is 14.5. The molecule has 1 aromatic heterocycles. The van der Waals surface area contributed by atoms with Gasteiger partial charge in [-0.25, -0.2) is 4.79 Å². The predicted molar refractivity (Wildman–Crippen MR) is 88.5 cm³/mol. The minimum Gasteiger partial charge on any atom is -0.465 e. The average Bonchev–Trinajstić information content (AvgIpc) is 3.00. The lowest BCUT2D eigenvalue weighted by Gasteiger charge is -2.08. The van der Waals surface area contributed by atoms with E-state index in [1.807, 2.05) is 42.5 Å². The third-order valence-corrected chi connectivity index (χ3v) is 4.01. The summed E-state index contributed by atoms with van der Waals surface area (Å²) in [7, 11) is 1.39. The van der Waals surface area contributed by atoms with Gasteiger partial charge in [0.25, 0.3) is 0 Å². The summed E-state index contributed by atoms with van der Waals surface area (Å²) in [5, 5.41) is 6.94. The molecule has 3 aromatic rings. The first-order valence-electron chi connectivity index (χ1n) is 6.67. The van der Waals surface area contributed by atoms with Crippen molar-refractivity contribution in [2.75, 3.05) is 7.11 Å². The molecule has 0 amide bonds. The maximum absolute atomic E-state index is 11.9. The van der Waals surface area contributed by atoms with Crippen LogP contribution in [0.5, 0.6) is 0 Å². The van der Waals surface area contributed by atoms with Gasteiger partial charge in [-0.3, -0.25) is 5.10 Å². The van der Waals surface area contributed by atoms with Gasteiger partial charge in [0.15, 0.2) is 0 Å². The number of benzene rings is 2. The zero-order valence-electron chi connectivity index (χ0n) is 11.8. The van der Waals surface area contributed by atoms with Gasteiger partial charge in [-0.05, 0) is 33.1 Å². The molecule has 22 heavy (non-hydrogen) atoms. The molecule has 0 saturated heterocycles. The quantitative estimate of drug-likeness (QED) is 0.712. The monoisotopic (exact) mass is 356 g/mol. The molecular formula is C17H13BrN2O2. The zero-order chi connectivity index (χ0) is 15.5. The summed E-state index contributed by atoms with van der Waals surface area (Å²) in [6, 6.07) is 15.3. The van der Waals surface area contributed by atoms with Gasteiger partial charge in [-0.1, -0.05) is 42.5 Å². The van der Waals surface area contributed by atoms with Crippen molar-refractivity contribution in [1.82, 2.24) is 10.2 Å². The second kappa shape index (κ2) is 6.15. The molecule has 0 fully saturated rings. The zero-order valence-corrected chi connectivity index (χ0v) is 13.4. The number of esters is 1. The molecule has 0 radical (unpaired) electrons. The molecular weight excluding hydrogens is 344 g/mol. The van der Waals surface area contributed by atoms with Gasteiger partial charge < -0.3 is 4.74 Å². The highest BCUT2D eigenvalue weighted by Crippen LogP contribution is 2.29. The van der Waals surface area contributed by atoms with Crippen LogP contribution in [0, 0.1) is 0 Å². The van der Waals surface area contributed by atoms with Crippen molar-refractivity contribution in [3.63, 3.8) is 0 Å². The van der Waals surface area contributed by atoms with Crippen LogP contribution in [0.3, 0.4) is 0 Å². The number of methoxy groups -OCH3 is 1. The Bertz CT molecular complexity index is 810. The third kappa shape index (κ3) is 2.67. The van der Waals surface area contributed by atoms with Crippen molar-refractivity contribution in [3.8, 4) is 22.4 Å². The number of nitrogens with one attached hydrogen (secondary N) is 1. The molecule has 0 atom stereocenters. The normalized spacial score (nSPS) is 10.5. The SMILES string of the molecule is COC(=O)c1ccccc1-c1ccc(-c2[nH]ncc2Br)cc1. The molecule has 0 saturated carbocycles. The first-order chi connectivity index (χ1) is 10.7. The van der Waals surface area contributed by atoms with Gasteiger partial charge in [0.05, 0.1) is 29.0 Å². The lowest BCUT2D eigenvalue weighted by atomic mass is 9.98. The fourth-order valence-electron chi connectivity index (χ4n) is 2.31. The van der Waals surface area contributed by atoms with Crippen molar-refractivity contribution in [2.45, 2.75) is 0 Å². The number of aromatic amines is 1. The van der Waals surface area contributed by atoms with E-state index in [-0.39, 0.29) is 5.97 Å². The Morgan fingerprint density at radius 2 is 1.77 bits per heavy atom. The van der Waals surface area contributed by atoms with E-state index in [2.05, 4.69) is 26.1 Å². The van der Waals surface area contributed by atoms with Crippen molar-refractivity contribution in [2.24, 2.45) is 0 Å². The topological polar surface area (TPSA) is 55.0 Å². The van der Waals surface area contributed by atoms with E-state index in [0.29, 0.717) is 5.56 Å². The molecule has 0 aliphatic rings. The molecule has 0 bridgehead atoms. The van der Waals surface area contributed by atoms with E-state index in [4.69, 9.17) is 4.74 Å². The van der Waals surface area contributed by atoms with E-state index in [0.717, 1.165) is 26.9 Å². The number of halogens is 1. The Kier molecular flexibility index (Phi) is 4.06. The number of carbonyl (C=O) groups excluding carboxylic acids is 1. The van der Waals surface area contributed by atoms with E-state index >= 15 is 0 Å². The summed E-state index contributed by atoms with van der Waals surface area (Å²) in [6.07, 6.45) is 1.72. The minimum absolute atomic E-state index is 0.337. The highest BCUT2D eigenvalue weighted by Gasteiger charge is 2.13. The van der Waals surface area contributed by atoms with E-state index in [1.165, 1.54) is 7.11 Å². The van der Waals surface area contributed by atoms with Gasteiger partial charge in [0.1, 0.15) is 0 Å². The molecule has 3 rings (SSSR count). The highest BCUT2D eigenvalue weighted by molar-refractivity contribution is 9.10. The highest BCUT2D eigenvalue weighted by atomic mass is 79.9. The van der Waals surface area contributed by atoms with Crippen LogP contribution >= 0.6 is 15.9 Å². The number of rotatable bonds is 3. The standard InChI is InChI=1S/C17H13BrN2O2/c1-22-17(21)14-5-3-2-4-13(14)11-6-8-12(9-7-11)16-15(18)10-19-20-16/h2-10H,1H3,(H,19,20). The number of hydrogen-bond acceptors (Lipinski definition) is 3. The summed E-state index contributed by atoms with van der Waals surface area (Å²) in [6.45, 7) is 0. The number of nitrogens with zero attached hydrogens (tertiary/aromatic N) is 1. The van der Waals surface area contributed by atoms with Gasteiger partial charge >= 0.3 is 5.97 Å². The molecule has 4 nitrogen and oxygen atoms in total. The average molecular weight is 357 g/mol. The van der Waals surface area contributed by atoms with Crippen LogP contribution < -0.4 is 0 Å². The minimum atomic E-state index is -0.337. The lowest BCUT2D eigenvalue weighted by Crippen LogP contribution is -2.03. The van der Waals surface area contributed by atoms with Gasteiger partial charge in [0.2, 0.25) is 0 Å². The number of ether oxygens (including phenoxy) is 1. The Morgan fingerprint density at radius 1 is 1.09 bits per heavy atom. The van der Waals surface area contributed by atoms with Gasteiger partial charge in [0, 0.05) is 5.56 Å². The van der Waals surface area contributed by atoms with E-state index < -0.39 is 0 Å². The van der Waals surface area contributed by atoms with Crippen LogP contribution in [0.2, 0.25) is 0 Å². The maximum Gasteiger partial charge on any atom is 0.338 e. The number of hydrogen-bond donors (Lipinski definition) is 1. The lowest BCUT2D eigenvalue weighted by molar-refractivity contribution is 0.0601. The number of carbonyl (C=O) groups is 1. The van der Waals surface area contributed by atoms with Crippen molar-refractivity contribution >= 4 is 21.9 Å². The summed E-state index contributed by atoms with van der Waals surface area (Å²) in [5.41, 5.74) is 4.31. The molecule has 1 heterocycles. The molecule has 2 aromatic carbocycles. The first-order valence-corrected chi connectivity index (χ1v) is 7.47. The predicted octanol–water partition coefficient (Wildman–Crippen LogP) is 4.29. The molecule has 0 unspecified atom stereocenters. The van der Waals surface area contributed by atoms with Crippen LogP contribution in [0.1, 0.15) is 10.4 Å². The second-order valence-electron chi connectivity index (χ2n) is 4.71. The third-order valence-electron chi connectivity index (χ3n) is 3.41. The Morgan fingerprint density at radius 3 is 2.41 bits per heavy atom. The Hall–Kier alpha value is -2.40. The van der Waals surface area contributed by atoms with Crippen LogP contribution in [-0.4, -0.2) is 23.3 Å². The van der Waals surface area contributed by atoms with Crippen molar-refractivity contribution in [1.29, 1.82) is 0 Å². The van der Waals surface area contributed by atoms with Gasteiger partial charge in [-0.15, -0.1) is 0 Å². The van der Waals surface area contributed by atoms with Crippen molar-refractivity contribution < 1.29 is 9.53 Å². The summed E-state index contributed by atoms with van der Waals surface area (Å²) in [4.78, 5) is 11.9. The molecule has 1 N–H and O–H groups in total. The fraction of sp³-hybridized carbons (Fsp3) is 0.0588. The van der Waals surface area contributed by atoms with Gasteiger partial charge in [-0.2, -0.15) is 5.10 Å². The van der Waals surface area contributed by atoms with Crippen LogP contribution in [-0.2, 0) is 4.74 Å². The number of H-pyrrole nitrogens is 1. The van der Waals surface area contributed by atoms with Crippen LogP contribution in [0.4, 0.5) is 0 Å². The molecule has 0 aliphatic heterocycles. The van der Waals surface area contributed by atoms with E-state index in [9.17, 15) is 4.79 Å². The summed E-state index contributed by atoms with van der Waals surface area (Å²) < 4.78 is 5.75. The van der Waals surface area contributed by atoms with Crippen LogP contribution in [0.25, 0.3) is 22.4 Å². The molecule has 0 spiro atoms. The maximum atomic E-state index is 11.9. The Labute approximate surface area is 136 Å². The second-order valence-corrected chi connectivity index (χ2v) is 5.56. The smallest absolute Gasteiger partial charge is 0.338 e. The number of aromatic nitrogens is 2. The summed E-state index contributed by atoms with van der Waals surface area (Å²) in [5.74, 6) is -0.337. The van der Waals surface area contributed by atoms with E-state index in [1.54, 1.807) is 12.3 Å². The molecule has 0 aliphatic carbocycles. The fourth-order valence-corrected chi connectivity index (χ4v) is 2.73. The van der Waals surface area contributed by atoms with Crippen LogP contribution in [0.15, 0.2) is 59.2 Å². The van der Waals surface area contributed by atoms with Crippen molar-refractivity contribution in [3.05, 3.63) is 64.8 Å².